The third-order valence-corrected chi connectivity index (χ3v) is 5.76. The van der Waals surface area contributed by atoms with Crippen molar-refractivity contribution >= 4 is 17.3 Å². The Kier molecular flexibility index (Phi) is 5.76. The normalized spacial score (nSPS) is 17.8. The molecule has 1 aliphatic carbocycles. The van der Waals surface area contributed by atoms with Crippen molar-refractivity contribution < 1.29 is 9.53 Å². The number of nitrogens with one attached hydrogen (secondary N) is 2. The van der Waals surface area contributed by atoms with Gasteiger partial charge in [0.05, 0.1) is 35.8 Å². The van der Waals surface area contributed by atoms with Gasteiger partial charge < -0.3 is 15.4 Å². The van der Waals surface area contributed by atoms with Crippen LogP contribution in [0.25, 0.3) is 16.9 Å². The Morgan fingerprint density at radius 1 is 1.32 bits per heavy atom. The van der Waals surface area contributed by atoms with Crippen molar-refractivity contribution in [3.8, 4) is 17.5 Å². The Morgan fingerprint density at radius 2 is 2.13 bits per heavy atom. The first kappa shape index (κ1) is 20.7. The van der Waals surface area contributed by atoms with Crippen LogP contribution < -0.4 is 10.6 Å². The number of nitriles is 1. The van der Waals surface area contributed by atoms with Crippen molar-refractivity contribution in [2.24, 2.45) is 5.92 Å². The molecule has 3 aromatic rings. The smallest absolute Gasteiger partial charge is 0.406 e. The van der Waals surface area contributed by atoms with Crippen LogP contribution in [-0.4, -0.2) is 40.4 Å². The number of alkyl carbamates (subject to hydrolysis) is 1. The van der Waals surface area contributed by atoms with E-state index in [0.717, 1.165) is 35.4 Å². The number of hydrogen-bond donors (Lipinski definition) is 2. The quantitative estimate of drug-likeness (QED) is 0.628. The number of rotatable bonds is 6. The van der Waals surface area contributed by atoms with Crippen molar-refractivity contribution in [1.82, 2.24) is 19.9 Å². The lowest BCUT2D eigenvalue weighted by Crippen LogP contribution is -2.42. The number of anilines is 1. The summed E-state index contributed by atoms with van der Waals surface area (Å²) in [6.45, 7) is 4.95. The topological polar surface area (TPSA) is 104 Å². The van der Waals surface area contributed by atoms with E-state index < -0.39 is 0 Å². The molecule has 0 atom stereocenters. The number of carbonyl (C=O) groups is 1. The molecule has 3 aromatic heterocycles. The molecule has 8 nitrogen and oxygen atoms in total. The standard InChI is InChI=1S/C23H26N6O2/c1-14(2)19-13-25-21(22-5-4-18-8-16(10-24)12-27-29(18)22)9-20(19)28-17-6-15(7-17)11-26-23(30)31-3/h4-5,8-9,12-15,17H,6-7,11H2,1-3H3,(H,25,28)(H,26,30)/t15-,17-. The van der Waals surface area contributed by atoms with Crippen LogP contribution in [0.3, 0.4) is 0 Å². The highest BCUT2D eigenvalue weighted by atomic mass is 16.5. The second kappa shape index (κ2) is 8.64. The first-order valence-corrected chi connectivity index (χ1v) is 10.4. The molecule has 1 saturated carbocycles. The Morgan fingerprint density at radius 3 is 2.84 bits per heavy atom. The molecule has 3 heterocycles. The molecule has 4 rings (SSSR count). The summed E-state index contributed by atoms with van der Waals surface area (Å²) in [5.74, 6) is 0.787. The number of fused-ring (bicyclic) bond motifs is 1. The van der Waals surface area contributed by atoms with Gasteiger partial charge in [0.15, 0.2) is 0 Å². The molecule has 31 heavy (non-hydrogen) atoms. The fraction of sp³-hybridized carbons (Fsp3) is 0.391. The molecule has 8 heteroatoms. The number of methoxy groups -OCH3 is 1. The fourth-order valence-corrected chi connectivity index (χ4v) is 3.99. The summed E-state index contributed by atoms with van der Waals surface area (Å²) in [6, 6.07) is 10.3. The zero-order chi connectivity index (χ0) is 22.0. The van der Waals surface area contributed by atoms with Gasteiger partial charge in [0.2, 0.25) is 0 Å². The zero-order valence-corrected chi connectivity index (χ0v) is 17.9. The summed E-state index contributed by atoms with van der Waals surface area (Å²) in [5, 5.41) is 19.9. The molecule has 0 radical (unpaired) electrons. The van der Waals surface area contributed by atoms with E-state index in [1.165, 1.54) is 12.7 Å². The summed E-state index contributed by atoms with van der Waals surface area (Å²) in [7, 11) is 1.38. The maximum Gasteiger partial charge on any atom is 0.406 e. The van der Waals surface area contributed by atoms with Gasteiger partial charge in [-0.25, -0.2) is 9.31 Å². The maximum absolute atomic E-state index is 11.2. The Bertz CT molecular complexity index is 1140. The number of nitrogens with zero attached hydrogens (tertiary/aromatic N) is 4. The van der Waals surface area contributed by atoms with Crippen LogP contribution in [0.1, 0.15) is 43.7 Å². The van der Waals surface area contributed by atoms with Crippen LogP contribution in [-0.2, 0) is 4.74 Å². The van der Waals surface area contributed by atoms with E-state index in [1.807, 2.05) is 24.4 Å². The van der Waals surface area contributed by atoms with E-state index >= 15 is 0 Å². The van der Waals surface area contributed by atoms with Crippen LogP contribution in [0.15, 0.2) is 36.7 Å². The van der Waals surface area contributed by atoms with Crippen LogP contribution in [0.4, 0.5) is 10.5 Å². The van der Waals surface area contributed by atoms with Crippen molar-refractivity contribution in [2.45, 2.75) is 38.6 Å². The van der Waals surface area contributed by atoms with E-state index in [0.29, 0.717) is 30.0 Å². The average Bonchev–Trinajstić information content (AvgIpc) is 3.17. The van der Waals surface area contributed by atoms with Gasteiger partial charge in [-0.15, -0.1) is 0 Å². The lowest BCUT2D eigenvalue weighted by molar-refractivity contribution is 0.164. The number of pyridine rings is 1. The monoisotopic (exact) mass is 418 g/mol. The van der Waals surface area contributed by atoms with Gasteiger partial charge >= 0.3 is 6.09 Å². The van der Waals surface area contributed by atoms with Crippen molar-refractivity contribution in [2.75, 3.05) is 19.0 Å². The lowest BCUT2D eigenvalue weighted by atomic mass is 9.80. The number of carbonyl (C=O) groups excluding carboxylic acids is 1. The van der Waals surface area contributed by atoms with Gasteiger partial charge in [-0.1, -0.05) is 13.8 Å². The van der Waals surface area contributed by atoms with Crippen LogP contribution in [0, 0.1) is 17.2 Å². The Balaban J connectivity index is 1.53. The largest absolute Gasteiger partial charge is 0.453 e. The molecule has 1 amide bonds. The number of amides is 1. The highest BCUT2D eigenvalue weighted by Crippen LogP contribution is 2.34. The maximum atomic E-state index is 11.2. The van der Waals surface area contributed by atoms with Crippen LogP contribution in [0.2, 0.25) is 0 Å². The minimum absolute atomic E-state index is 0.335. The molecule has 0 spiro atoms. The molecular weight excluding hydrogens is 392 g/mol. The predicted octanol–water partition coefficient (Wildman–Crippen LogP) is 3.94. The molecule has 0 unspecified atom stereocenters. The summed E-state index contributed by atoms with van der Waals surface area (Å²) < 4.78 is 6.44. The molecule has 160 valence electrons. The summed E-state index contributed by atoms with van der Waals surface area (Å²) in [6.07, 6.45) is 5.10. The minimum Gasteiger partial charge on any atom is -0.453 e. The first-order chi connectivity index (χ1) is 15.0. The van der Waals surface area contributed by atoms with E-state index in [9.17, 15) is 4.79 Å². The highest BCUT2D eigenvalue weighted by molar-refractivity contribution is 5.69. The number of hydrogen-bond acceptors (Lipinski definition) is 6. The van der Waals surface area contributed by atoms with Gasteiger partial charge in [-0.2, -0.15) is 10.4 Å². The van der Waals surface area contributed by atoms with Crippen molar-refractivity contribution in [3.63, 3.8) is 0 Å². The Hall–Kier alpha value is -3.60. The van der Waals surface area contributed by atoms with Crippen molar-refractivity contribution in [1.29, 1.82) is 5.26 Å². The average molecular weight is 419 g/mol. The second-order valence-electron chi connectivity index (χ2n) is 8.27. The second-order valence-corrected chi connectivity index (χ2v) is 8.27. The third-order valence-electron chi connectivity index (χ3n) is 5.76. The zero-order valence-electron chi connectivity index (χ0n) is 17.9. The van der Waals surface area contributed by atoms with Crippen molar-refractivity contribution in [3.05, 3.63) is 47.8 Å². The van der Waals surface area contributed by atoms with Gasteiger partial charge in [0.25, 0.3) is 0 Å². The van der Waals surface area contributed by atoms with Crippen LogP contribution in [0.5, 0.6) is 0 Å². The van der Waals surface area contributed by atoms with Crippen LogP contribution >= 0.6 is 0 Å². The highest BCUT2D eigenvalue weighted by Gasteiger charge is 2.30. The summed E-state index contributed by atoms with van der Waals surface area (Å²) in [5.41, 5.74) is 5.34. The van der Waals surface area contributed by atoms with E-state index in [2.05, 4.69) is 46.5 Å². The molecular formula is C23H26N6O2. The molecule has 1 fully saturated rings. The third kappa shape index (κ3) is 4.31. The van der Waals surface area contributed by atoms with Gasteiger partial charge in [0.1, 0.15) is 6.07 Å². The molecule has 0 aromatic carbocycles. The lowest BCUT2D eigenvalue weighted by Gasteiger charge is -2.37. The van der Waals surface area contributed by atoms with Gasteiger partial charge in [-0.05, 0) is 54.5 Å². The summed E-state index contributed by atoms with van der Waals surface area (Å²) >= 11 is 0. The fourth-order valence-electron chi connectivity index (χ4n) is 3.99. The van der Waals surface area contributed by atoms with E-state index in [1.54, 1.807) is 10.7 Å². The Labute approximate surface area is 181 Å². The molecule has 0 saturated heterocycles. The predicted molar refractivity (Wildman–Crippen MR) is 118 cm³/mol. The molecule has 1 aliphatic rings. The van der Waals surface area contributed by atoms with E-state index in [-0.39, 0.29) is 6.09 Å². The van der Waals surface area contributed by atoms with Gasteiger partial charge in [-0.3, -0.25) is 4.98 Å². The number of aromatic nitrogens is 3. The summed E-state index contributed by atoms with van der Waals surface area (Å²) in [4.78, 5) is 15.9. The first-order valence-electron chi connectivity index (χ1n) is 10.4. The molecule has 2 N–H and O–H groups in total. The number of ether oxygens (including phenoxy) is 1. The molecule has 0 aliphatic heterocycles. The van der Waals surface area contributed by atoms with E-state index in [4.69, 9.17) is 10.2 Å². The minimum atomic E-state index is -0.382. The molecule has 0 bridgehead atoms. The van der Waals surface area contributed by atoms with Gasteiger partial charge in [0, 0.05) is 24.5 Å². The SMILES string of the molecule is COC(=O)NC[C@H]1C[C@H](Nc2cc(-c3ccc4cc(C#N)cnn34)ncc2C(C)C)C1.